The second-order valence-electron chi connectivity index (χ2n) is 4.04. The number of carbonyl (C=O) groups excluding carboxylic acids is 1. The number of nitrogens with one attached hydrogen (secondary N) is 1. The summed E-state index contributed by atoms with van der Waals surface area (Å²) in [6.07, 6.45) is 0. The molecular weight excluding hydrogens is 260 g/mol. The highest BCUT2D eigenvalue weighted by Crippen LogP contribution is 2.17. The largest absolute Gasteiger partial charge is 0.461 e. The molecule has 0 saturated heterocycles. The molecule has 0 radical (unpaired) electrons. The Kier molecular flexibility index (Phi) is 4.14. The normalized spacial score (nSPS) is 11.4. The van der Waals surface area contributed by atoms with Gasteiger partial charge >= 0.3 is 11.6 Å². The van der Waals surface area contributed by atoms with Gasteiger partial charge in [-0.2, -0.15) is 5.10 Å². The van der Waals surface area contributed by atoms with Crippen molar-refractivity contribution in [3.05, 3.63) is 40.8 Å². The van der Waals surface area contributed by atoms with Gasteiger partial charge in [0.15, 0.2) is 0 Å². The molecule has 6 heteroatoms. The van der Waals surface area contributed by atoms with E-state index in [4.69, 9.17) is 9.15 Å². The molecule has 0 atom stereocenters. The van der Waals surface area contributed by atoms with Gasteiger partial charge < -0.3 is 9.15 Å². The number of hydrazone groups is 1. The SMILES string of the molecule is CCOC(=O)C(C)=NNc1ccc2oc(=O)ccc2c1. The summed E-state index contributed by atoms with van der Waals surface area (Å²) in [5, 5.41) is 4.70. The molecule has 0 spiro atoms. The number of rotatable bonds is 4. The number of benzene rings is 1. The van der Waals surface area contributed by atoms with E-state index in [0.717, 1.165) is 5.39 Å². The summed E-state index contributed by atoms with van der Waals surface area (Å²) < 4.78 is 9.84. The van der Waals surface area contributed by atoms with Gasteiger partial charge in [-0.3, -0.25) is 5.43 Å². The molecule has 0 unspecified atom stereocenters. The lowest BCUT2D eigenvalue weighted by Gasteiger charge is -2.04. The van der Waals surface area contributed by atoms with Crippen LogP contribution in [0.15, 0.2) is 44.6 Å². The first kappa shape index (κ1) is 13.8. The third-order valence-corrected chi connectivity index (χ3v) is 2.54. The Labute approximate surface area is 115 Å². The maximum Gasteiger partial charge on any atom is 0.354 e. The van der Waals surface area contributed by atoms with Crippen LogP contribution in [0.25, 0.3) is 11.0 Å². The van der Waals surface area contributed by atoms with Crippen LogP contribution in [0.5, 0.6) is 0 Å². The Morgan fingerprint density at radius 3 is 2.90 bits per heavy atom. The van der Waals surface area contributed by atoms with Gasteiger partial charge in [0.05, 0.1) is 12.3 Å². The number of hydrogen-bond acceptors (Lipinski definition) is 6. The first-order valence-corrected chi connectivity index (χ1v) is 6.11. The third kappa shape index (κ3) is 3.23. The predicted octanol–water partition coefficient (Wildman–Crippen LogP) is 2.14. The molecule has 0 bridgehead atoms. The maximum absolute atomic E-state index is 11.4. The van der Waals surface area contributed by atoms with Gasteiger partial charge in [0, 0.05) is 11.5 Å². The molecular formula is C14H14N2O4. The van der Waals surface area contributed by atoms with Gasteiger partial charge in [-0.1, -0.05) is 0 Å². The summed E-state index contributed by atoms with van der Waals surface area (Å²) in [7, 11) is 0. The summed E-state index contributed by atoms with van der Waals surface area (Å²) in [5.41, 5.74) is 3.76. The van der Waals surface area contributed by atoms with E-state index in [1.165, 1.54) is 6.07 Å². The van der Waals surface area contributed by atoms with Crippen LogP contribution in [-0.4, -0.2) is 18.3 Å². The van der Waals surface area contributed by atoms with Crippen molar-refractivity contribution in [3.8, 4) is 0 Å². The molecule has 2 aromatic rings. The summed E-state index contributed by atoms with van der Waals surface area (Å²) in [4.78, 5) is 22.4. The van der Waals surface area contributed by atoms with Crippen molar-refractivity contribution in [1.29, 1.82) is 0 Å². The molecule has 104 valence electrons. The lowest BCUT2D eigenvalue weighted by atomic mass is 10.2. The average Bonchev–Trinajstić information content (AvgIpc) is 2.44. The molecule has 20 heavy (non-hydrogen) atoms. The van der Waals surface area contributed by atoms with Crippen molar-refractivity contribution >= 4 is 28.3 Å². The third-order valence-electron chi connectivity index (χ3n) is 2.54. The quantitative estimate of drug-likeness (QED) is 0.400. The summed E-state index contributed by atoms with van der Waals surface area (Å²) in [5.74, 6) is -0.466. The van der Waals surface area contributed by atoms with E-state index in [1.807, 2.05) is 0 Å². The Morgan fingerprint density at radius 2 is 2.15 bits per heavy atom. The van der Waals surface area contributed by atoms with E-state index >= 15 is 0 Å². The number of anilines is 1. The van der Waals surface area contributed by atoms with E-state index in [-0.39, 0.29) is 5.71 Å². The van der Waals surface area contributed by atoms with E-state index in [1.54, 1.807) is 38.1 Å². The monoisotopic (exact) mass is 274 g/mol. The minimum Gasteiger partial charge on any atom is -0.461 e. The maximum atomic E-state index is 11.4. The number of nitrogens with zero attached hydrogens (tertiary/aromatic N) is 1. The fourth-order valence-electron chi connectivity index (χ4n) is 1.57. The minimum absolute atomic E-state index is 0.228. The van der Waals surface area contributed by atoms with Gasteiger partial charge in [-0.05, 0) is 38.1 Å². The molecule has 1 heterocycles. The summed E-state index contributed by atoms with van der Waals surface area (Å²) >= 11 is 0. The Morgan fingerprint density at radius 1 is 1.35 bits per heavy atom. The number of carbonyl (C=O) groups is 1. The molecule has 1 aromatic heterocycles. The van der Waals surface area contributed by atoms with Crippen molar-refractivity contribution in [2.45, 2.75) is 13.8 Å². The Hall–Kier alpha value is -2.63. The number of ether oxygens (including phenoxy) is 1. The fourth-order valence-corrected chi connectivity index (χ4v) is 1.57. The zero-order valence-corrected chi connectivity index (χ0v) is 11.2. The summed E-state index contributed by atoms with van der Waals surface area (Å²) in [6, 6.07) is 8.13. The smallest absolute Gasteiger partial charge is 0.354 e. The van der Waals surface area contributed by atoms with Gasteiger partial charge in [0.1, 0.15) is 11.3 Å². The lowest BCUT2D eigenvalue weighted by molar-refractivity contribution is -0.135. The van der Waals surface area contributed by atoms with Crippen molar-refractivity contribution in [2.75, 3.05) is 12.0 Å². The van der Waals surface area contributed by atoms with Crippen molar-refractivity contribution < 1.29 is 13.9 Å². The molecule has 1 aromatic carbocycles. The first-order valence-electron chi connectivity index (χ1n) is 6.11. The molecule has 2 rings (SSSR count). The second kappa shape index (κ2) is 6.01. The van der Waals surface area contributed by atoms with Crippen LogP contribution in [0.1, 0.15) is 13.8 Å². The van der Waals surface area contributed by atoms with Gasteiger partial charge in [-0.15, -0.1) is 0 Å². The predicted molar refractivity (Wildman–Crippen MR) is 75.8 cm³/mol. The van der Waals surface area contributed by atoms with Gasteiger partial charge in [0.2, 0.25) is 0 Å². The number of esters is 1. The van der Waals surface area contributed by atoms with E-state index in [2.05, 4.69) is 10.5 Å². The highest BCUT2D eigenvalue weighted by molar-refractivity contribution is 6.35. The molecule has 6 nitrogen and oxygen atoms in total. The molecule has 0 aliphatic rings. The molecule has 1 N–H and O–H groups in total. The number of fused-ring (bicyclic) bond motifs is 1. The van der Waals surface area contributed by atoms with Crippen LogP contribution < -0.4 is 11.1 Å². The van der Waals surface area contributed by atoms with Gasteiger partial charge in [0.25, 0.3) is 0 Å². The van der Waals surface area contributed by atoms with Crippen molar-refractivity contribution in [1.82, 2.24) is 0 Å². The molecule has 0 amide bonds. The van der Waals surface area contributed by atoms with Gasteiger partial charge in [-0.25, -0.2) is 9.59 Å². The van der Waals surface area contributed by atoms with Crippen LogP contribution in [0.2, 0.25) is 0 Å². The number of hydrogen-bond donors (Lipinski definition) is 1. The molecule has 0 saturated carbocycles. The minimum atomic E-state index is -0.466. The highest BCUT2D eigenvalue weighted by Gasteiger charge is 2.06. The van der Waals surface area contributed by atoms with Crippen LogP contribution >= 0.6 is 0 Å². The van der Waals surface area contributed by atoms with E-state index in [0.29, 0.717) is 17.9 Å². The van der Waals surface area contributed by atoms with Crippen LogP contribution in [0.4, 0.5) is 5.69 Å². The Balaban J connectivity index is 2.18. The average molecular weight is 274 g/mol. The standard InChI is InChI=1S/C14H14N2O4/c1-3-19-14(18)9(2)15-16-11-5-6-12-10(8-11)4-7-13(17)20-12/h4-8,16H,3H2,1-2H3. The van der Waals surface area contributed by atoms with Crippen molar-refractivity contribution in [2.24, 2.45) is 5.10 Å². The second-order valence-corrected chi connectivity index (χ2v) is 4.04. The Bertz CT molecular complexity index is 718. The van der Waals surface area contributed by atoms with Crippen molar-refractivity contribution in [3.63, 3.8) is 0 Å². The van der Waals surface area contributed by atoms with Crippen LogP contribution in [0.3, 0.4) is 0 Å². The van der Waals surface area contributed by atoms with Crippen LogP contribution in [0, 0.1) is 0 Å². The molecule has 0 aliphatic heterocycles. The highest BCUT2D eigenvalue weighted by atomic mass is 16.5. The zero-order valence-electron chi connectivity index (χ0n) is 11.2. The molecule has 0 aliphatic carbocycles. The first-order chi connectivity index (χ1) is 9.60. The van der Waals surface area contributed by atoms with Crippen LogP contribution in [-0.2, 0) is 9.53 Å². The van der Waals surface area contributed by atoms with E-state index < -0.39 is 11.6 Å². The topological polar surface area (TPSA) is 80.9 Å². The fraction of sp³-hybridized carbons (Fsp3) is 0.214. The summed E-state index contributed by atoms with van der Waals surface area (Å²) in [6.45, 7) is 3.60. The lowest BCUT2D eigenvalue weighted by Crippen LogP contribution is -2.15. The zero-order chi connectivity index (χ0) is 14.5. The van der Waals surface area contributed by atoms with E-state index in [9.17, 15) is 9.59 Å². The molecule has 0 fully saturated rings.